The quantitative estimate of drug-likeness (QED) is 0.736. The Balaban J connectivity index is 2.38. The van der Waals surface area contributed by atoms with E-state index in [0.29, 0.717) is 25.0 Å². The van der Waals surface area contributed by atoms with Gasteiger partial charge in [-0.25, -0.2) is 0 Å². The molecule has 1 rings (SSSR count). The molecule has 0 amide bonds. The zero-order valence-electron chi connectivity index (χ0n) is 12.0. The average Bonchev–Trinajstić information content (AvgIpc) is 2.35. The molecule has 1 heterocycles. The minimum Gasteiger partial charge on any atom is -0.466 e. The number of nitrogens with zero attached hydrogens (tertiary/aromatic N) is 1. The fourth-order valence-electron chi connectivity index (χ4n) is 2.67. The molecule has 0 saturated carbocycles. The van der Waals surface area contributed by atoms with Crippen LogP contribution in [0, 0.1) is 5.92 Å². The van der Waals surface area contributed by atoms with Crippen LogP contribution in [0.5, 0.6) is 0 Å². The largest absolute Gasteiger partial charge is 0.466 e. The molecule has 2 N–H and O–H groups in total. The van der Waals surface area contributed by atoms with Crippen molar-refractivity contribution >= 4 is 5.97 Å². The third-order valence-electron chi connectivity index (χ3n) is 3.87. The van der Waals surface area contributed by atoms with Gasteiger partial charge in [0.1, 0.15) is 0 Å². The maximum atomic E-state index is 11.4. The number of rotatable bonds is 6. The molecule has 1 aliphatic rings. The summed E-state index contributed by atoms with van der Waals surface area (Å²) in [4.78, 5) is 13.8. The van der Waals surface area contributed by atoms with Crippen LogP contribution in [-0.4, -0.2) is 42.6 Å². The highest BCUT2D eigenvalue weighted by molar-refractivity contribution is 5.69. The van der Waals surface area contributed by atoms with Crippen molar-refractivity contribution in [2.24, 2.45) is 11.7 Å². The first kappa shape index (κ1) is 15.4. The van der Waals surface area contributed by atoms with Gasteiger partial charge in [0, 0.05) is 31.6 Å². The molecular formula is C14H28N2O2. The Bertz CT molecular complexity index is 258. The first-order valence-corrected chi connectivity index (χ1v) is 7.22. The van der Waals surface area contributed by atoms with E-state index in [9.17, 15) is 4.79 Å². The highest BCUT2D eigenvalue weighted by atomic mass is 16.5. The molecule has 1 aliphatic heterocycles. The van der Waals surface area contributed by atoms with Crippen molar-refractivity contribution in [2.45, 2.75) is 58.5 Å². The third-order valence-corrected chi connectivity index (χ3v) is 3.87. The topological polar surface area (TPSA) is 55.6 Å². The van der Waals surface area contributed by atoms with Gasteiger partial charge in [0.05, 0.1) is 6.61 Å². The van der Waals surface area contributed by atoms with Crippen molar-refractivity contribution in [2.75, 3.05) is 19.7 Å². The Labute approximate surface area is 111 Å². The summed E-state index contributed by atoms with van der Waals surface area (Å²) >= 11 is 0. The first-order chi connectivity index (χ1) is 8.56. The van der Waals surface area contributed by atoms with Crippen LogP contribution >= 0.6 is 0 Å². The second kappa shape index (κ2) is 7.74. The first-order valence-electron chi connectivity index (χ1n) is 7.22. The molecule has 106 valence electrons. The van der Waals surface area contributed by atoms with Gasteiger partial charge in [0.2, 0.25) is 0 Å². The van der Waals surface area contributed by atoms with E-state index in [-0.39, 0.29) is 12.0 Å². The normalized spacial score (nSPS) is 26.9. The molecule has 3 atom stereocenters. The SMILES string of the molecule is CCOC(=O)CCC1CC(N)CN(C(C)CC)C1. The number of esters is 1. The molecule has 4 heteroatoms. The number of hydrogen-bond acceptors (Lipinski definition) is 4. The van der Waals surface area contributed by atoms with Gasteiger partial charge >= 0.3 is 5.97 Å². The molecule has 0 aliphatic carbocycles. The summed E-state index contributed by atoms with van der Waals surface area (Å²) in [7, 11) is 0. The van der Waals surface area contributed by atoms with Gasteiger partial charge in [-0.3, -0.25) is 9.69 Å². The van der Waals surface area contributed by atoms with E-state index >= 15 is 0 Å². The number of carbonyl (C=O) groups excluding carboxylic acids is 1. The molecule has 0 aromatic carbocycles. The van der Waals surface area contributed by atoms with Crippen molar-refractivity contribution < 1.29 is 9.53 Å². The van der Waals surface area contributed by atoms with Gasteiger partial charge in [-0.05, 0) is 39.0 Å². The van der Waals surface area contributed by atoms with E-state index in [1.807, 2.05) is 6.92 Å². The Hall–Kier alpha value is -0.610. The number of piperidine rings is 1. The summed E-state index contributed by atoms with van der Waals surface area (Å²) in [6, 6.07) is 0.835. The lowest BCUT2D eigenvalue weighted by molar-refractivity contribution is -0.143. The summed E-state index contributed by atoms with van der Waals surface area (Å²) in [5.41, 5.74) is 6.12. The number of carbonyl (C=O) groups is 1. The number of hydrogen-bond donors (Lipinski definition) is 1. The smallest absolute Gasteiger partial charge is 0.305 e. The summed E-state index contributed by atoms with van der Waals surface area (Å²) < 4.78 is 4.97. The van der Waals surface area contributed by atoms with E-state index in [4.69, 9.17) is 10.5 Å². The van der Waals surface area contributed by atoms with Crippen molar-refractivity contribution in [1.29, 1.82) is 0 Å². The second-order valence-electron chi connectivity index (χ2n) is 5.42. The molecular weight excluding hydrogens is 228 g/mol. The molecule has 3 unspecified atom stereocenters. The standard InChI is InChI=1S/C14H28N2O2/c1-4-11(3)16-9-12(8-13(15)10-16)6-7-14(17)18-5-2/h11-13H,4-10,15H2,1-3H3. The molecule has 18 heavy (non-hydrogen) atoms. The van der Waals surface area contributed by atoms with Crippen molar-refractivity contribution in [3.05, 3.63) is 0 Å². The lowest BCUT2D eigenvalue weighted by Crippen LogP contribution is -2.50. The number of likely N-dealkylation sites (tertiary alicyclic amines) is 1. The maximum Gasteiger partial charge on any atom is 0.305 e. The zero-order chi connectivity index (χ0) is 13.5. The van der Waals surface area contributed by atoms with Crippen molar-refractivity contribution in [3.8, 4) is 0 Å². The summed E-state index contributed by atoms with van der Waals surface area (Å²) in [5.74, 6) is 0.457. The van der Waals surface area contributed by atoms with Gasteiger partial charge < -0.3 is 10.5 Å². The van der Waals surface area contributed by atoms with Crippen LogP contribution < -0.4 is 5.73 Å². The fourth-order valence-corrected chi connectivity index (χ4v) is 2.67. The minimum atomic E-state index is -0.0771. The van der Waals surface area contributed by atoms with Gasteiger partial charge in [0.25, 0.3) is 0 Å². The Morgan fingerprint density at radius 3 is 2.78 bits per heavy atom. The van der Waals surface area contributed by atoms with Crippen LogP contribution in [0.25, 0.3) is 0 Å². The monoisotopic (exact) mass is 256 g/mol. The van der Waals surface area contributed by atoms with Crippen LogP contribution in [0.3, 0.4) is 0 Å². The third kappa shape index (κ3) is 4.94. The average molecular weight is 256 g/mol. The number of nitrogens with two attached hydrogens (primary N) is 1. The Morgan fingerprint density at radius 1 is 1.44 bits per heavy atom. The molecule has 1 fully saturated rings. The maximum absolute atomic E-state index is 11.4. The predicted octanol–water partition coefficient (Wildman–Crippen LogP) is 1.78. The molecule has 0 aromatic heterocycles. The molecule has 1 saturated heterocycles. The van der Waals surface area contributed by atoms with Crippen LogP contribution in [0.2, 0.25) is 0 Å². The van der Waals surface area contributed by atoms with Gasteiger partial charge in [-0.1, -0.05) is 6.92 Å². The molecule has 0 radical (unpaired) electrons. The second-order valence-corrected chi connectivity index (χ2v) is 5.42. The molecule has 0 bridgehead atoms. The van der Waals surface area contributed by atoms with Crippen LogP contribution in [-0.2, 0) is 9.53 Å². The zero-order valence-corrected chi connectivity index (χ0v) is 12.0. The highest BCUT2D eigenvalue weighted by Crippen LogP contribution is 2.23. The molecule has 0 spiro atoms. The van der Waals surface area contributed by atoms with E-state index in [1.54, 1.807) is 0 Å². The summed E-state index contributed by atoms with van der Waals surface area (Å²) in [6.07, 6.45) is 3.61. The van der Waals surface area contributed by atoms with Crippen molar-refractivity contribution in [3.63, 3.8) is 0 Å². The van der Waals surface area contributed by atoms with E-state index < -0.39 is 0 Å². The minimum absolute atomic E-state index is 0.0771. The lowest BCUT2D eigenvalue weighted by atomic mass is 9.90. The van der Waals surface area contributed by atoms with E-state index in [0.717, 1.165) is 32.4 Å². The van der Waals surface area contributed by atoms with E-state index in [2.05, 4.69) is 18.7 Å². The fraction of sp³-hybridized carbons (Fsp3) is 0.929. The van der Waals surface area contributed by atoms with Crippen LogP contribution in [0.4, 0.5) is 0 Å². The van der Waals surface area contributed by atoms with Crippen molar-refractivity contribution in [1.82, 2.24) is 4.90 Å². The Kier molecular flexibility index (Phi) is 6.65. The van der Waals surface area contributed by atoms with Crippen LogP contribution in [0.1, 0.15) is 46.5 Å². The van der Waals surface area contributed by atoms with Gasteiger partial charge in [-0.2, -0.15) is 0 Å². The molecule has 4 nitrogen and oxygen atoms in total. The highest BCUT2D eigenvalue weighted by Gasteiger charge is 2.27. The predicted molar refractivity (Wildman–Crippen MR) is 73.3 cm³/mol. The summed E-state index contributed by atoms with van der Waals surface area (Å²) in [5, 5.41) is 0. The Morgan fingerprint density at radius 2 is 2.17 bits per heavy atom. The lowest BCUT2D eigenvalue weighted by Gasteiger charge is -2.39. The van der Waals surface area contributed by atoms with E-state index in [1.165, 1.54) is 0 Å². The van der Waals surface area contributed by atoms with Crippen LogP contribution in [0.15, 0.2) is 0 Å². The van der Waals surface area contributed by atoms with Gasteiger partial charge in [0.15, 0.2) is 0 Å². The van der Waals surface area contributed by atoms with Gasteiger partial charge in [-0.15, -0.1) is 0 Å². The number of ether oxygens (including phenoxy) is 1. The summed E-state index contributed by atoms with van der Waals surface area (Å²) in [6.45, 7) is 8.84. The molecule has 0 aromatic rings.